The Balaban J connectivity index is 0.00000208. The molecule has 2 fully saturated rings. The summed E-state index contributed by atoms with van der Waals surface area (Å²) in [4.78, 5) is 4.87. The summed E-state index contributed by atoms with van der Waals surface area (Å²) in [5.41, 5.74) is 1.67. The molecular weight excluding hydrogens is 413 g/mol. The van der Waals surface area contributed by atoms with Crippen LogP contribution in [-0.4, -0.2) is 36.3 Å². The molecule has 2 saturated carbocycles. The first-order valence-electron chi connectivity index (χ1n) is 9.00. The van der Waals surface area contributed by atoms with Crippen LogP contribution in [-0.2, 0) is 5.41 Å². The van der Waals surface area contributed by atoms with E-state index in [0.717, 1.165) is 44.7 Å². The molecule has 2 aliphatic rings. The van der Waals surface area contributed by atoms with Crippen LogP contribution in [0.1, 0.15) is 51.0 Å². The Bertz CT molecular complexity index is 523. The molecule has 0 aliphatic heterocycles. The van der Waals surface area contributed by atoms with E-state index in [2.05, 4.69) is 47.9 Å². The number of rotatable bonds is 5. The van der Waals surface area contributed by atoms with Crippen LogP contribution < -0.4 is 10.6 Å². The minimum Gasteiger partial charge on any atom is -0.393 e. The second kappa shape index (κ2) is 9.04. The highest BCUT2D eigenvalue weighted by Crippen LogP contribution is 2.48. The molecule has 0 bridgehead atoms. The van der Waals surface area contributed by atoms with Gasteiger partial charge in [-0.05, 0) is 51.0 Å². The maximum atomic E-state index is 9.64. The predicted octanol–water partition coefficient (Wildman–Crippen LogP) is 3.19. The molecule has 0 atom stereocenters. The molecule has 0 heterocycles. The van der Waals surface area contributed by atoms with Gasteiger partial charge in [0.25, 0.3) is 0 Å². The summed E-state index contributed by atoms with van der Waals surface area (Å²) < 4.78 is 0. The van der Waals surface area contributed by atoms with Crippen molar-refractivity contribution in [3.8, 4) is 0 Å². The van der Waals surface area contributed by atoms with Gasteiger partial charge in [0.05, 0.1) is 12.6 Å². The van der Waals surface area contributed by atoms with Crippen LogP contribution in [0, 0.1) is 0 Å². The molecule has 4 nitrogen and oxygen atoms in total. The summed E-state index contributed by atoms with van der Waals surface area (Å²) in [5.74, 6) is 0.927. The molecule has 1 aromatic carbocycles. The van der Waals surface area contributed by atoms with E-state index in [-0.39, 0.29) is 35.5 Å². The van der Waals surface area contributed by atoms with E-state index in [0.29, 0.717) is 6.04 Å². The fourth-order valence-corrected chi connectivity index (χ4v) is 3.44. The maximum absolute atomic E-state index is 9.64. The lowest BCUT2D eigenvalue weighted by Crippen LogP contribution is -2.45. The summed E-state index contributed by atoms with van der Waals surface area (Å²) in [6, 6.07) is 11.2. The first-order chi connectivity index (χ1) is 11.2. The Kier molecular flexibility index (Phi) is 7.34. The fraction of sp³-hybridized carbons (Fsp3) is 0.632. The second-order valence-electron chi connectivity index (χ2n) is 6.99. The van der Waals surface area contributed by atoms with Crippen molar-refractivity contribution in [2.75, 3.05) is 13.1 Å². The first-order valence-corrected chi connectivity index (χ1v) is 9.00. The van der Waals surface area contributed by atoms with Crippen LogP contribution in [0.15, 0.2) is 35.3 Å². The van der Waals surface area contributed by atoms with E-state index >= 15 is 0 Å². The van der Waals surface area contributed by atoms with Gasteiger partial charge < -0.3 is 15.7 Å². The van der Waals surface area contributed by atoms with Gasteiger partial charge in [-0.1, -0.05) is 30.3 Å². The summed E-state index contributed by atoms with van der Waals surface area (Å²) in [7, 11) is 0. The minimum atomic E-state index is -0.111. The van der Waals surface area contributed by atoms with Gasteiger partial charge in [-0.2, -0.15) is 0 Å². The van der Waals surface area contributed by atoms with Crippen molar-refractivity contribution in [3.05, 3.63) is 35.9 Å². The average Bonchev–Trinajstić information content (AvgIpc) is 3.37. The van der Waals surface area contributed by atoms with E-state index < -0.39 is 0 Å². The number of guanidine groups is 1. The van der Waals surface area contributed by atoms with Crippen molar-refractivity contribution in [1.29, 1.82) is 0 Å². The third kappa shape index (κ3) is 5.09. The van der Waals surface area contributed by atoms with Crippen LogP contribution >= 0.6 is 24.0 Å². The van der Waals surface area contributed by atoms with Gasteiger partial charge in [0, 0.05) is 18.0 Å². The molecule has 0 unspecified atom stereocenters. The third-order valence-corrected chi connectivity index (χ3v) is 5.16. The number of aliphatic hydroxyl groups excluding tert-OH is 1. The highest BCUT2D eigenvalue weighted by Gasteiger charge is 2.44. The van der Waals surface area contributed by atoms with E-state index in [4.69, 9.17) is 4.99 Å². The number of aliphatic hydroxyl groups is 1. The van der Waals surface area contributed by atoms with E-state index in [1.54, 1.807) is 0 Å². The summed E-state index contributed by atoms with van der Waals surface area (Å²) in [5, 5.41) is 16.6. The van der Waals surface area contributed by atoms with Gasteiger partial charge >= 0.3 is 0 Å². The molecule has 3 rings (SSSR count). The molecule has 1 aromatic rings. The number of aliphatic imine (C=N–C) groups is 1. The summed E-state index contributed by atoms with van der Waals surface area (Å²) in [6.45, 7) is 3.83. The Morgan fingerprint density at radius 1 is 1.17 bits per heavy atom. The van der Waals surface area contributed by atoms with Crippen LogP contribution in [0.25, 0.3) is 0 Å². The normalized spacial score (nSPS) is 25.5. The quantitative estimate of drug-likeness (QED) is 0.372. The zero-order valence-electron chi connectivity index (χ0n) is 14.5. The van der Waals surface area contributed by atoms with Crippen molar-refractivity contribution >= 4 is 29.9 Å². The van der Waals surface area contributed by atoms with Gasteiger partial charge in [0.2, 0.25) is 0 Å². The lowest BCUT2D eigenvalue weighted by Gasteiger charge is -2.28. The van der Waals surface area contributed by atoms with Crippen molar-refractivity contribution < 1.29 is 5.11 Å². The molecule has 134 valence electrons. The van der Waals surface area contributed by atoms with Crippen LogP contribution in [0.2, 0.25) is 0 Å². The van der Waals surface area contributed by atoms with Crippen molar-refractivity contribution in [3.63, 3.8) is 0 Å². The summed E-state index contributed by atoms with van der Waals surface area (Å²) >= 11 is 0. The predicted molar refractivity (Wildman–Crippen MR) is 110 cm³/mol. The van der Waals surface area contributed by atoms with Gasteiger partial charge in [-0.3, -0.25) is 4.99 Å². The zero-order chi connectivity index (χ0) is 16.1. The minimum absolute atomic E-state index is 0. The molecule has 24 heavy (non-hydrogen) atoms. The van der Waals surface area contributed by atoms with Crippen LogP contribution in [0.4, 0.5) is 0 Å². The largest absolute Gasteiger partial charge is 0.393 e. The van der Waals surface area contributed by atoms with E-state index in [1.807, 2.05) is 0 Å². The number of benzene rings is 1. The number of hydrogen-bond donors (Lipinski definition) is 3. The number of halogens is 1. The topological polar surface area (TPSA) is 56.7 Å². The van der Waals surface area contributed by atoms with Crippen molar-refractivity contribution in [2.45, 2.75) is 63.0 Å². The Morgan fingerprint density at radius 3 is 2.42 bits per heavy atom. The van der Waals surface area contributed by atoms with E-state index in [1.165, 1.54) is 18.4 Å². The highest BCUT2D eigenvalue weighted by atomic mass is 127. The smallest absolute Gasteiger partial charge is 0.191 e. The average molecular weight is 443 g/mol. The Labute approximate surface area is 162 Å². The maximum Gasteiger partial charge on any atom is 0.191 e. The Morgan fingerprint density at radius 2 is 1.83 bits per heavy atom. The zero-order valence-corrected chi connectivity index (χ0v) is 16.8. The summed E-state index contributed by atoms with van der Waals surface area (Å²) in [6.07, 6.45) is 6.19. The van der Waals surface area contributed by atoms with Gasteiger partial charge in [-0.25, -0.2) is 0 Å². The molecule has 0 radical (unpaired) electrons. The van der Waals surface area contributed by atoms with Crippen LogP contribution in [0.5, 0.6) is 0 Å². The molecule has 0 amide bonds. The second-order valence-corrected chi connectivity index (χ2v) is 6.99. The molecule has 0 saturated heterocycles. The molecule has 3 N–H and O–H groups in total. The lowest BCUT2D eigenvalue weighted by atomic mass is 9.93. The standard InChI is InChI=1S/C19H29N3O.HI/c1-2-20-18(22-16-8-10-17(23)11-9-16)21-14-19(12-13-19)15-6-4-3-5-7-15;/h3-7,16-17,23H,2,8-14H2,1H3,(H2,20,21,22);1H. The van der Waals surface area contributed by atoms with Gasteiger partial charge in [0.1, 0.15) is 0 Å². The molecular formula is C19H30IN3O. The monoisotopic (exact) mass is 443 g/mol. The van der Waals surface area contributed by atoms with Crippen molar-refractivity contribution in [1.82, 2.24) is 10.6 Å². The molecule has 0 spiro atoms. The van der Waals surface area contributed by atoms with Gasteiger partial charge in [-0.15, -0.1) is 24.0 Å². The fourth-order valence-electron chi connectivity index (χ4n) is 3.44. The highest BCUT2D eigenvalue weighted by molar-refractivity contribution is 14.0. The number of nitrogens with one attached hydrogen (secondary N) is 2. The molecule has 5 heteroatoms. The lowest BCUT2D eigenvalue weighted by molar-refractivity contribution is 0.120. The Hall–Kier alpha value is -0.820. The van der Waals surface area contributed by atoms with E-state index in [9.17, 15) is 5.11 Å². The molecule has 2 aliphatic carbocycles. The van der Waals surface area contributed by atoms with Crippen LogP contribution in [0.3, 0.4) is 0 Å². The molecule has 0 aromatic heterocycles. The number of nitrogens with zero attached hydrogens (tertiary/aromatic N) is 1. The first kappa shape index (κ1) is 19.5. The van der Waals surface area contributed by atoms with Crippen molar-refractivity contribution in [2.24, 2.45) is 4.99 Å². The number of hydrogen-bond acceptors (Lipinski definition) is 2. The van der Waals surface area contributed by atoms with Gasteiger partial charge in [0.15, 0.2) is 5.96 Å². The third-order valence-electron chi connectivity index (χ3n) is 5.16. The SMILES string of the molecule is CCNC(=NCC1(c2ccccc2)CC1)NC1CCC(O)CC1.I.